The molecule has 20 heavy (non-hydrogen) atoms. The van der Waals surface area contributed by atoms with Crippen molar-refractivity contribution in [1.29, 1.82) is 0 Å². The lowest BCUT2D eigenvalue weighted by atomic mass is 10.1. The molecule has 0 bridgehead atoms. The maximum Gasteiger partial charge on any atom is 0.236 e. The zero-order valence-corrected chi connectivity index (χ0v) is 12.9. The van der Waals surface area contributed by atoms with Crippen LogP contribution in [0.4, 0.5) is 0 Å². The predicted octanol–water partition coefficient (Wildman–Crippen LogP) is 1.35. The van der Waals surface area contributed by atoms with Crippen molar-refractivity contribution < 1.29 is 13.2 Å². The van der Waals surface area contributed by atoms with Crippen LogP contribution in [0.5, 0.6) is 0 Å². The highest BCUT2D eigenvalue weighted by atomic mass is 32.2. The minimum Gasteiger partial charge on any atom is -0.341 e. The van der Waals surface area contributed by atoms with Gasteiger partial charge in [-0.3, -0.25) is 4.79 Å². The number of thioether (sulfide) groups is 1. The van der Waals surface area contributed by atoms with Crippen molar-refractivity contribution in [3.63, 3.8) is 0 Å². The second-order valence-electron chi connectivity index (χ2n) is 5.42. The molecule has 1 amide bonds. The van der Waals surface area contributed by atoms with Gasteiger partial charge in [-0.05, 0) is 24.5 Å². The maximum absolute atomic E-state index is 12.5. The smallest absolute Gasteiger partial charge is 0.236 e. The molecule has 2 aliphatic rings. The van der Waals surface area contributed by atoms with Gasteiger partial charge in [-0.1, -0.05) is 18.2 Å². The summed E-state index contributed by atoms with van der Waals surface area (Å²) in [6, 6.07) is 7.89. The van der Waals surface area contributed by atoms with Crippen LogP contribution in [0.2, 0.25) is 0 Å². The molecular weight excluding hydrogens is 294 g/mol. The van der Waals surface area contributed by atoms with Crippen LogP contribution in [0.15, 0.2) is 29.2 Å². The monoisotopic (exact) mass is 311 g/mol. The number of sulfone groups is 1. The SMILES string of the molecule is CN(C(=O)[C@H]1Cc2ccccc2S1)[C@H]1CCS(=O)(=O)C1. The summed E-state index contributed by atoms with van der Waals surface area (Å²) in [6.45, 7) is 0. The molecule has 2 aliphatic heterocycles. The van der Waals surface area contributed by atoms with Gasteiger partial charge in [0, 0.05) is 18.0 Å². The van der Waals surface area contributed by atoms with Crippen LogP contribution in [0.3, 0.4) is 0 Å². The number of hydrogen-bond acceptors (Lipinski definition) is 4. The van der Waals surface area contributed by atoms with Crippen molar-refractivity contribution in [2.75, 3.05) is 18.6 Å². The molecule has 0 aromatic heterocycles. The van der Waals surface area contributed by atoms with E-state index >= 15 is 0 Å². The van der Waals surface area contributed by atoms with Gasteiger partial charge in [-0.15, -0.1) is 11.8 Å². The van der Waals surface area contributed by atoms with E-state index in [1.54, 1.807) is 23.7 Å². The van der Waals surface area contributed by atoms with Crippen LogP contribution in [-0.2, 0) is 21.1 Å². The molecule has 0 unspecified atom stereocenters. The zero-order chi connectivity index (χ0) is 14.3. The summed E-state index contributed by atoms with van der Waals surface area (Å²) in [7, 11) is -1.22. The average Bonchev–Trinajstić information content (AvgIpc) is 3.00. The van der Waals surface area contributed by atoms with Crippen molar-refractivity contribution in [2.45, 2.75) is 29.0 Å². The normalized spacial score (nSPS) is 27.2. The third kappa shape index (κ3) is 2.59. The maximum atomic E-state index is 12.5. The number of carbonyl (C=O) groups excluding carboxylic acids is 1. The van der Waals surface area contributed by atoms with E-state index in [2.05, 4.69) is 6.07 Å². The van der Waals surface area contributed by atoms with E-state index in [0.717, 1.165) is 6.42 Å². The number of fused-ring (bicyclic) bond motifs is 1. The van der Waals surface area contributed by atoms with Crippen molar-refractivity contribution >= 4 is 27.5 Å². The minimum atomic E-state index is -2.95. The van der Waals surface area contributed by atoms with E-state index in [-0.39, 0.29) is 28.7 Å². The molecule has 3 rings (SSSR count). The molecule has 6 heteroatoms. The quantitative estimate of drug-likeness (QED) is 0.827. The number of hydrogen-bond donors (Lipinski definition) is 0. The number of nitrogens with zero attached hydrogens (tertiary/aromatic N) is 1. The Kier molecular flexibility index (Phi) is 3.54. The molecule has 1 saturated heterocycles. The molecule has 1 aromatic rings. The lowest BCUT2D eigenvalue weighted by molar-refractivity contribution is -0.130. The van der Waals surface area contributed by atoms with Gasteiger partial charge in [0.25, 0.3) is 0 Å². The highest BCUT2D eigenvalue weighted by molar-refractivity contribution is 8.01. The second-order valence-corrected chi connectivity index (χ2v) is 8.90. The first-order valence-electron chi connectivity index (χ1n) is 6.68. The van der Waals surface area contributed by atoms with Gasteiger partial charge in [-0.25, -0.2) is 8.42 Å². The first-order valence-corrected chi connectivity index (χ1v) is 9.38. The van der Waals surface area contributed by atoms with E-state index in [1.807, 2.05) is 18.2 Å². The van der Waals surface area contributed by atoms with Crippen molar-refractivity contribution in [2.24, 2.45) is 0 Å². The summed E-state index contributed by atoms with van der Waals surface area (Å²) in [5, 5.41) is -0.110. The number of rotatable bonds is 2. The van der Waals surface area contributed by atoms with E-state index in [9.17, 15) is 13.2 Å². The summed E-state index contributed by atoms with van der Waals surface area (Å²) >= 11 is 1.59. The van der Waals surface area contributed by atoms with Gasteiger partial charge in [0.15, 0.2) is 9.84 Å². The molecule has 4 nitrogen and oxygen atoms in total. The van der Waals surface area contributed by atoms with Crippen molar-refractivity contribution in [1.82, 2.24) is 4.90 Å². The Morgan fingerprint density at radius 2 is 2.10 bits per heavy atom. The van der Waals surface area contributed by atoms with E-state index in [4.69, 9.17) is 0 Å². The zero-order valence-electron chi connectivity index (χ0n) is 11.3. The molecule has 108 valence electrons. The lowest BCUT2D eigenvalue weighted by Crippen LogP contribution is -2.42. The largest absolute Gasteiger partial charge is 0.341 e. The summed E-state index contributed by atoms with van der Waals surface area (Å²) in [5.74, 6) is 0.362. The summed E-state index contributed by atoms with van der Waals surface area (Å²) < 4.78 is 23.0. The van der Waals surface area contributed by atoms with Gasteiger partial charge < -0.3 is 4.90 Å². The molecule has 2 atom stereocenters. The fourth-order valence-electron chi connectivity index (χ4n) is 2.81. The molecule has 0 aliphatic carbocycles. The fourth-order valence-corrected chi connectivity index (χ4v) is 5.88. The van der Waals surface area contributed by atoms with Crippen LogP contribution in [0, 0.1) is 0 Å². The summed E-state index contributed by atoms with van der Waals surface area (Å²) in [4.78, 5) is 15.3. The first kappa shape index (κ1) is 13.9. The molecule has 0 spiro atoms. The van der Waals surface area contributed by atoms with Crippen LogP contribution < -0.4 is 0 Å². The van der Waals surface area contributed by atoms with E-state index in [1.165, 1.54) is 10.5 Å². The molecule has 0 saturated carbocycles. The van der Waals surface area contributed by atoms with E-state index < -0.39 is 9.84 Å². The van der Waals surface area contributed by atoms with Crippen molar-refractivity contribution in [3.05, 3.63) is 29.8 Å². The highest BCUT2D eigenvalue weighted by Crippen LogP contribution is 2.37. The molecule has 1 fully saturated rings. The van der Waals surface area contributed by atoms with Crippen LogP contribution in [-0.4, -0.2) is 49.1 Å². The molecule has 2 heterocycles. The Morgan fingerprint density at radius 3 is 2.75 bits per heavy atom. The number of benzene rings is 1. The van der Waals surface area contributed by atoms with Gasteiger partial charge in [0.2, 0.25) is 5.91 Å². The summed E-state index contributed by atoms with van der Waals surface area (Å²) in [5.41, 5.74) is 1.21. The Labute approximate surface area is 123 Å². The Balaban J connectivity index is 1.69. The Morgan fingerprint density at radius 1 is 1.35 bits per heavy atom. The van der Waals surface area contributed by atoms with Gasteiger partial charge in [0.05, 0.1) is 16.8 Å². The Hall–Kier alpha value is -1.01. The number of carbonyl (C=O) groups is 1. The molecule has 0 radical (unpaired) electrons. The lowest BCUT2D eigenvalue weighted by Gasteiger charge is -2.25. The van der Waals surface area contributed by atoms with Gasteiger partial charge in [0.1, 0.15) is 0 Å². The Bertz CT molecular complexity index is 617. The molecule has 0 N–H and O–H groups in total. The standard InChI is InChI=1S/C14H17NO3S2/c1-15(11-6-7-20(17,18)9-11)14(16)13-8-10-4-2-3-5-12(10)19-13/h2-5,11,13H,6-9H2,1H3/t11-,13+/m0/s1. The predicted molar refractivity (Wildman–Crippen MR) is 79.6 cm³/mol. The topological polar surface area (TPSA) is 54.5 Å². The fraction of sp³-hybridized carbons (Fsp3) is 0.500. The molecule has 1 aromatic carbocycles. The highest BCUT2D eigenvalue weighted by Gasteiger charge is 2.37. The second kappa shape index (κ2) is 5.07. The number of amides is 1. The van der Waals surface area contributed by atoms with E-state index in [0.29, 0.717) is 6.42 Å². The first-order chi connectivity index (χ1) is 9.46. The van der Waals surface area contributed by atoms with Crippen LogP contribution in [0.1, 0.15) is 12.0 Å². The van der Waals surface area contributed by atoms with Crippen molar-refractivity contribution in [3.8, 4) is 0 Å². The minimum absolute atomic E-state index is 0.0494. The average molecular weight is 311 g/mol. The third-order valence-corrected chi connectivity index (χ3v) is 7.08. The molecular formula is C14H17NO3S2. The van der Waals surface area contributed by atoms with Crippen LogP contribution >= 0.6 is 11.8 Å². The van der Waals surface area contributed by atoms with Gasteiger partial charge >= 0.3 is 0 Å². The third-order valence-electron chi connectivity index (χ3n) is 4.03. The van der Waals surface area contributed by atoms with Crippen LogP contribution in [0.25, 0.3) is 0 Å². The summed E-state index contributed by atoms with van der Waals surface area (Å²) in [6.07, 6.45) is 1.30. The van der Waals surface area contributed by atoms with Gasteiger partial charge in [-0.2, -0.15) is 0 Å².